The van der Waals surface area contributed by atoms with Gasteiger partial charge in [0.15, 0.2) is 0 Å². The van der Waals surface area contributed by atoms with Gasteiger partial charge >= 0.3 is 5.97 Å². The van der Waals surface area contributed by atoms with Gasteiger partial charge in [-0.3, -0.25) is 9.79 Å². The molecule has 0 aromatic rings. The van der Waals surface area contributed by atoms with Crippen LogP contribution in [0.1, 0.15) is 34.1 Å². The first-order chi connectivity index (χ1) is 6.74. The van der Waals surface area contributed by atoms with Crippen LogP contribution in [0.3, 0.4) is 0 Å². The van der Waals surface area contributed by atoms with Crippen molar-refractivity contribution in [1.82, 2.24) is 5.06 Å². The second-order valence-corrected chi connectivity index (χ2v) is 4.52. The lowest BCUT2D eigenvalue weighted by Crippen LogP contribution is -2.50. The standard InChI is InChI=1S/C10H17N2O3/c1-7-9(2,3)12(14)10(4,11-7)6-8(13)15-5/h6H2,1-5H3. The van der Waals surface area contributed by atoms with Gasteiger partial charge in [-0.05, 0) is 27.7 Å². The minimum atomic E-state index is -1.03. The van der Waals surface area contributed by atoms with E-state index >= 15 is 0 Å². The maximum atomic E-state index is 12.0. The Labute approximate surface area is 89.7 Å². The summed E-state index contributed by atoms with van der Waals surface area (Å²) in [6, 6.07) is 0. The van der Waals surface area contributed by atoms with Crippen LogP contribution in [0.25, 0.3) is 0 Å². The van der Waals surface area contributed by atoms with Crippen molar-refractivity contribution >= 4 is 11.7 Å². The summed E-state index contributed by atoms with van der Waals surface area (Å²) in [6.07, 6.45) is -0.0201. The molecule has 0 fully saturated rings. The summed E-state index contributed by atoms with van der Waals surface area (Å²) in [6.45, 7) is 7.03. The number of esters is 1. The smallest absolute Gasteiger partial charge is 0.309 e. The van der Waals surface area contributed by atoms with Gasteiger partial charge in [0.2, 0.25) is 0 Å². The Morgan fingerprint density at radius 2 is 2.00 bits per heavy atom. The van der Waals surface area contributed by atoms with Crippen LogP contribution in [-0.2, 0) is 14.7 Å². The number of rotatable bonds is 2. The molecule has 0 bridgehead atoms. The van der Waals surface area contributed by atoms with Gasteiger partial charge in [0.05, 0.1) is 19.1 Å². The Balaban J connectivity index is 2.93. The van der Waals surface area contributed by atoms with Crippen molar-refractivity contribution in [2.45, 2.75) is 45.3 Å². The van der Waals surface area contributed by atoms with Crippen molar-refractivity contribution in [1.29, 1.82) is 0 Å². The molecule has 5 nitrogen and oxygen atoms in total. The molecule has 0 saturated carbocycles. The van der Waals surface area contributed by atoms with Crippen LogP contribution in [0.15, 0.2) is 4.99 Å². The lowest BCUT2D eigenvalue weighted by molar-refractivity contribution is -0.248. The maximum absolute atomic E-state index is 12.0. The van der Waals surface area contributed by atoms with Crippen molar-refractivity contribution in [2.75, 3.05) is 7.11 Å². The molecule has 0 amide bonds. The average Bonchev–Trinajstić information content (AvgIpc) is 2.28. The summed E-state index contributed by atoms with van der Waals surface area (Å²) in [5, 5.41) is 12.9. The zero-order valence-corrected chi connectivity index (χ0v) is 9.83. The van der Waals surface area contributed by atoms with Gasteiger partial charge in [-0.1, -0.05) is 0 Å². The molecule has 0 aromatic carbocycles. The predicted octanol–water partition coefficient (Wildman–Crippen LogP) is 1.17. The quantitative estimate of drug-likeness (QED) is 0.647. The number of aliphatic imine (C=N–C) groups is 1. The van der Waals surface area contributed by atoms with E-state index in [4.69, 9.17) is 0 Å². The summed E-state index contributed by atoms with van der Waals surface area (Å²) in [7, 11) is 1.30. The molecule has 1 aliphatic heterocycles. The first-order valence-corrected chi connectivity index (χ1v) is 4.85. The van der Waals surface area contributed by atoms with E-state index in [0.29, 0.717) is 0 Å². The van der Waals surface area contributed by atoms with Crippen LogP contribution in [0.4, 0.5) is 0 Å². The highest BCUT2D eigenvalue weighted by Crippen LogP contribution is 2.35. The number of carbonyl (C=O) groups is 1. The number of methoxy groups -OCH3 is 1. The normalized spacial score (nSPS) is 30.1. The Morgan fingerprint density at radius 1 is 1.47 bits per heavy atom. The number of hydrogen-bond donors (Lipinski definition) is 0. The van der Waals surface area contributed by atoms with Gasteiger partial charge in [0, 0.05) is 5.71 Å². The van der Waals surface area contributed by atoms with E-state index < -0.39 is 17.2 Å². The molecule has 85 valence electrons. The Morgan fingerprint density at radius 3 is 2.33 bits per heavy atom. The molecule has 5 heteroatoms. The zero-order chi connectivity index (χ0) is 11.9. The highest BCUT2D eigenvalue weighted by Gasteiger charge is 2.50. The molecule has 0 aromatic heterocycles. The average molecular weight is 213 g/mol. The van der Waals surface area contributed by atoms with Crippen LogP contribution in [0, 0.1) is 0 Å². The summed E-state index contributed by atoms with van der Waals surface area (Å²) in [5.74, 6) is -0.424. The van der Waals surface area contributed by atoms with Crippen LogP contribution in [0.2, 0.25) is 0 Å². The molecule has 1 unspecified atom stereocenters. The topological polar surface area (TPSA) is 61.8 Å². The second kappa shape index (κ2) is 3.57. The summed E-state index contributed by atoms with van der Waals surface area (Å²) in [4.78, 5) is 15.5. The van der Waals surface area contributed by atoms with Gasteiger partial charge in [-0.25, -0.2) is 0 Å². The van der Waals surface area contributed by atoms with E-state index in [-0.39, 0.29) is 6.42 Å². The number of hydroxylamine groups is 2. The van der Waals surface area contributed by atoms with E-state index in [9.17, 15) is 10.0 Å². The van der Waals surface area contributed by atoms with Crippen LogP contribution >= 0.6 is 0 Å². The van der Waals surface area contributed by atoms with Crippen molar-refractivity contribution < 1.29 is 14.7 Å². The molecule has 1 rings (SSSR count). The minimum absolute atomic E-state index is 0.0201. The van der Waals surface area contributed by atoms with Gasteiger partial charge in [0.1, 0.15) is 5.66 Å². The van der Waals surface area contributed by atoms with Crippen molar-refractivity contribution in [2.24, 2.45) is 4.99 Å². The van der Waals surface area contributed by atoms with Crippen LogP contribution in [-0.4, -0.2) is 35.1 Å². The third-order valence-corrected chi connectivity index (χ3v) is 2.95. The molecular formula is C10H17N2O3. The molecule has 0 N–H and O–H groups in total. The van der Waals surface area contributed by atoms with E-state index in [1.54, 1.807) is 27.7 Å². The summed E-state index contributed by atoms with van der Waals surface area (Å²) in [5.41, 5.74) is -0.937. The van der Waals surface area contributed by atoms with Gasteiger partial charge in [0.25, 0.3) is 0 Å². The van der Waals surface area contributed by atoms with Crippen molar-refractivity contribution in [3.63, 3.8) is 0 Å². The molecule has 15 heavy (non-hydrogen) atoms. The van der Waals surface area contributed by atoms with Gasteiger partial charge < -0.3 is 4.74 Å². The SMILES string of the molecule is COC(=O)CC1(C)N=C(C)C(C)(C)N1[O]. The zero-order valence-electron chi connectivity index (χ0n) is 9.83. The van der Waals surface area contributed by atoms with E-state index in [2.05, 4.69) is 9.73 Å². The van der Waals surface area contributed by atoms with E-state index in [1.165, 1.54) is 7.11 Å². The molecule has 0 saturated heterocycles. The van der Waals surface area contributed by atoms with Gasteiger partial charge in [-0.2, -0.15) is 0 Å². The molecule has 0 spiro atoms. The second-order valence-electron chi connectivity index (χ2n) is 4.52. The minimum Gasteiger partial charge on any atom is -0.469 e. The fourth-order valence-corrected chi connectivity index (χ4v) is 1.75. The molecule has 1 heterocycles. The largest absolute Gasteiger partial charge is 0.469 e. The molecule has 1 atom stereocenters. The molecule has 1 radical (unpaired) electrons. The third kappa shape index (κ3) is 1.89. The van der Waals surface area contributed by atoms with E-state index in [1.807, 2.05) is 0 Å². The molecular weight excluding hydrogens is 196 g/mol. The van der Waals surface area contributed by atoms with Crippen molar-refractivity contribution in [3.8, 4) is 0 Å². The Kier molecular flexibility index (Phi) is 2.89. The first-order valence-electron chi connectivity index (χ1n) is 4.85. The lowest BCUT2D eigenvalue weighted by atomic mass is 9.99. The number of hydrogen-bond acceptors (Lipinski definition) is 4. The maximum Gasteiger partial charge on any atom is 0.309 e. The number of carbonyl (C=O) groups excluding carboxylic acids is 1. The monoisotopic (exact) mass is 213 g/mol. The Bertz CT molecular complexity index is 312. The lowest BCUT2D eigenvalue weighted by Gasteiger charge is -2.32. The number of nitrogens with zero attached hydrogens (tertiary/aromatic N) is 2. The highest BCUT2D eigenvalue weighted by molar-refractivity contribution is 5.93. The van der Waals surface area contributed by atoms with E-state index in [0.717, 1.165) is 10.8 Å². The summed E-state index contributed by atoms with van der Waals surface area (Å²) < 4.78 is 4.56. The fourth-order valence-electron chi connectivity index (χ4n) is 1.75. The van der Waals surface area contributed by atoms with Crippen LogP contribution < -0.4 is 0 Å². The first kappa shape index (κ1) is 12.1. The Hall–Kier alpha value is -0.940. The summed E-state index contributed by atoms with van der Waals surface area (Å²) >= 11 is 0. The fraction of sp³-hybridized carbons (Fsp3) is 0.800. The van der Waals surface area contributed by atoms with Crippen molar-refractivity contribution in [3.05, 3.63) is 0 Å². The molecule has 0 aliphatic carbocycles. The highest BCUT2D eigenvalue weighted by atomic mass is 16.5. The third-order valence-electron chi connectivity index (χ3n) is 2.95. The van der Waals surface area contributed by atoms with Crippen LogP contribution in [0.5, 0.6) is 0 Å². The van der Waals surface area contributed by atoms with Gasteiger partial charge in [-0.15, -0.1) is 10.3 Å². The molecule has 1 aliphatic rings. The number of ether oxygens (including phenoxy) is 1. The predicted molar refractivity (Wildman–Crippen MR) is 54.8 cm³/mol.